The molecule has 1 unspecified atom stereocenters. The fraction of sp³-hybridized carbons (Fsp3) is 0.286. The molecule has 0 spiro atoms. The molecule has 1 N–H and O–H groups in total. The van der Waals surface area contributed by atoms with E-state index in [0.29, 0.717) is 5.56 Å². The summed E-state index contributed by atoms with van der Waals surface area (Å²) in [5.74, 6) is -0.631. The van der Waals surface area contributed by atoms with Crippen LogP contribution in [0.15, 0.2) is 24.5 Å². The normalized spacial score (nSPS) is 12.3. The molecule has 1 atom stereocenters. The van der Waals surface area contributed by atoms with Crippen LogP contribution in [0.3, 0.4) is 0 Å². The molecule has 0 aliphatic heterocycles. The van der Waals surface area contributed by atoms with Crippen LogP contribution < -0.4 is 5.32 Å². The number of benzene rings is 1. The highest BCUT2D eigenvalue weighted by molar-refractivity contribution is 5.40. The first-order valence-electron chi connectivity index (χ1n) is 5.98. The molecule has 3 nitrogen and oxygen atoms in total. The van der Waals surface area contributed by atoms with E-state index >= 15 is 0 Å². The maximum Gasteiger partial charge on any atom is 0.186 e. The van der Waals surface area contributed by atoms with Crippen molar-refractivity contribution in [2.75, 3.05) is 5.32 Å². The van der Waals surface area contributed by atoms with Crippen LogP contribution in [0, 0.1) is 25.5 Å². The monoisotopic (exact) mass is 263 g/mol. The third kappa shape index (κ3) is 2.86. The number of nitrogens with zero attached hydrogens (tertiary/aromatic N) is 2. The zero-order valence-corrected chi connectivity index (χ0v) is 11.0. The Morgan fingerprint density at radius 3 is 2.58 bits per heavy atom. The summed E-state index contributed by atoms with van der Waals surface area (Å²) in [6.45, 7) is 5.09. The lowest BCUT2D eigenvalue weighted by Gasteiger charge is -2.16. The highest BCUT2D eigenvalue weighted by Crippen LogP contribution is 2.22. The van der Waals surface area contributed by atoms with Gasteiger partial charge in [-0.05, 0) is 38.0 Å². The molecule has 0 bridgehead atoms. The number of aromatic nitrogens is 2. The van der Waals surface area contributed by atoms with Crippen LogP contribution in [0.2, 0.25) is 0 Å². The van der Waals surface area contributed by atoms with Gasteiger partial charge in [0, 0.05) is 0 Å². The number of nitrogens with one attached hydrogen (secondary N) is 1. The third-order valence-electron chi connectivity index (χ3n) is 3.01. The molecule has 2 aromatic rings. The summed E-state index contributed by atoms with van der Waals surface area (Å²) in [5, 5.41) is 2.92. The molecule has 1 aromatic heterocycles. The minimum Gasteiger partial charge on any atom is -0.361 e. The first-order chi connectivity index (χ1) is 8.99. The standard InChI is InChI=1S/C14H15F2N3/c1-8-4-5-11(6-12(8)15)9(2)19-14-13(16)10(3)17-7-18-14/h4-7,9H,1-3H3,(H,17,18,19). The summed E-state index contributed by atoms with van der Waals surface area (Å²) in [7, 11) is 0. The molecular weight excluding hydrogens is 248 g/mol. The van der Waals surface area contributed by atoms with Crippen molar-refractivity contribution in [3.05, 3.63) is 53.0 Å². The van der Waals surface area contributed by atoms with Gasteiger partial charge < -0.3 is 5.32 Å². The lowest BCUT2D eigenvalue weighted by Crippen LogP contribution is -2.11. The minimum atomic E-state index is -0.484. The largest absolute Gasteiger partial charge is 0.361 e. The predicted octanol–water partition coefficient (Wildman–Crippen LogP) is 3.54. The molecule has 0 aliphatic carbocycles. The van der Waals surface area contributed by atoms with Crippen LogP contribution in [0.25, 0.3) is 0 Å². The maximum atomic E-state index is 13.8. The Kier molecular flexibility index (Phi) is 3.74. The van der Waals surface area contributed by atoms with Crippen LogP contribution >= 0.6 is 0 Å². The first kappa shape index (κ1) is 13.4. The molecule has 0 saturated carbocycles. The molecular formula is C14H15F2N3. The molecule has 0 amide bonds. The van der Waals surface area contributed by atoms with Gasteiger partial charge in [-0.1, -0.05) is 12.1 Å². The molecule has 0 radical (unpaired) electrons. The molecule has 1 aromatic carbocycles. The summed E-state index contributed by atoms with van der Waals surface area (Å²) >= 11 is 0. The lowest BCUT2D eigenvalue weighted by atomic mass is 10.1. The van der Waals surface area contributed by atoms with Crippen molar-refractivity contribution >= 4 is 5.82 Å². The zero-order valence-electron chi connectivity index (χ0n) is 11.0. The summed E-state index contributed by atoms with van der Waals surface area (Å²) in [4.78, 5) is 7.61. The Labute approximate surface area is 110 Å². The van der Waals surface area contributed by atoms with Crippen LogP contribution in [0.5, 0.6) is 0 Å². The van der Waals surface area contributed by atoms with Gasteiger partial charge in [0.2, 0.25) is 0 Å². The van der Waals surface area contributed by atoms with Gasteiger partial charge in [0.05, 0.1) is 11.7 Å². The highest BCUT2D eigenvalue weighted by Gasteiger charge is 2.12. The number of rotatable bonds is 3. The van der Waals surface area contributed by atoms with Crippen LogP contribution in [0.1, 0.15) is 29.8 Å². The summed E-state index contributed by atoms with van der Waals surface area (Å²) in [6.07, 6.45) is 1.29. The van der Waals surface area contributed by atoms with Crippen molar-refractivity contribution in [3.63, 3.8) is 0 Å². The van der Waals surface area contributed by atoms with Gasteiger partial charge in [-0.15, -0.1) is 0 Å². The highest BCUT2D eigenvalue weighted by atomic mass is 19.1. The van der Waals surface area contributed by atoms with Gasteiger partial charge in [0.25, 0.3) is 0 Å². The van der Waals surface area contributed by atoms with Gasteiger partial charge >= 0.3 is 0 Å². The van der Waals surface area contributed by atoms with Crippen molar-refractivity contribution in [2.24, 2.45) is 0 Å². The number of halogens is 2. The summed E-state index contributed by atoms with van der Waals surface area (Å²) in [5.41, 5.74) is 1.60. The topological polar surface area (TPSA) is 37.8 Å². The van der Waals surface area contributed by atoms with Crippen LogP contribution in [-0.4, -0.2) is 9.97 Å². The van der Waals surface area contributed by atoms with Crippen molar-refractivity contribution in [1.82, 2.24) is 9.97 Å². The number of hydrogen-bond acceptors (Lipinski definition) is 3. The van der Waals surface area contributed by atoms with Gasteiger partial charge in [-0.25, -0.2) is 18.7 Å². The average molecular weight is 263 g/mol. The van der Waals surface area contributed by atoms with E-state index in [1.807, 2.05) is 13.0 Å². The van der Waals surface area contributed by atoms with Gasteiger partial charge in [-0.2, -0.15) is 0 Å². The molecule has 5 heteroatoms. The van der Waals surface area contributed by atoms with Gasteiger partial charge in [-0.3, -0.25) is 0 Å². The number of anilines is 1. The second-order valence-corrected chi connectivity index (χ2v) is 4.50. The third-order valence-corrected chi connectivity index (χ3v) is 3.01. The lowest BCUT2D eigenvalue weighted by molar-refractivity contribution is 0.600. The Bertz CT molecular complexity index is 599. The van der Waals surface area contributed by atoms with E-state index in [-0.39, 0.29) is 23.4 Å². The summed E-state index contributed by atoms with van der Waals surface area (Å²) < 4.78 is 27.3. The van der Waals surface area contributed by atoms with Gasteiger partial charge in [0.1, 0.15) is 12.1 Å². The SMILES string of the molecule is Cc1ccc(C(C)Nc2ncnc(C)c2F)cc1F. The minimum absolute atomic E-state index is 0.126. The number of aryl methyl sites for hydroxylation is 2. The number of hydrogen-bond donors (Lipinski definition) is 1. The van der Waals surface area contributed by atoms with Crippen molar-refractivity contribution in [3.8, 4) is 0 Å². The fourth-order valence-electron chi connectivity index (χ4n) is 1.73. The van der Waals surface area contributed by atoms with E-state index in [2.05, 4.69) is 15.3 Å². The Balaban J connectivity index is 2.23. The Morgan fingerprint density at radius 2 is 1.89 bits per heavy atom. The first-order valence-corrected chi connectivity index (χ1v) is 5.98. The maximum absolute atomic E-state index is 13.8. The van der Waals surface area contributed by atoms with Crippen molar-refractivity contribution in [1.29, 1.82) is 0 Å². The molecule has 2 rings (SSSR count). The molecule has 0 saturated heterocycles. The Hall–Kier alpha value is -2.04. The van der Waals surface area contributed by atoms with Crippen LogP contribution in [0.4, 0.5) is 14.6 Å². The smallest absolute Gasteiger partial charge is 0.186 e. The zero-order chi connectivity index (χ0) is 14.0. The van der Waals surface area contributed by atoms with Crippen LogP contribution in [-0.2, 0) is 0 Å². The van der Waals surface area contributed by atoms with E-state index in [1.54, 1.807) is 19.9 Å². The second kappa shape index (κ2) is 5.30. The van der Waals surface area contributed by atoms with Gasteiger partial charge in [0.15, 0.2) is 11.6 Å². The second-order valence-electron chi connectivity index (χ2n) is 4.50. The fourth-order valence-corrected chi connectivity index (χ4v) is 1.73. The molecule has 1 heterocycles. The quantitative estimate of drug-likeness (QED) is 0.920. The van der Waals surface area contributed by atoms with Crippen molar-refractivity contribution < 1.29 is 8.78 Å². The van der Waals surface area contributed by atoms with E-state index in [4.69, 9.17) is 0 Å². The van der Waals surface area contributed by atoms with E-state index in [0.717, 1.165) is 5.56 Å². The van der Waals surface area contributed by atoms with E-state index < -0.39 is 5.82 Å². The Morgan fingerprint density at radius 1 is 1.16 bits per heavy atom. The van der Waals surface area contributed by atoms with E-state index in [9.17, 15) is 8.78 Å². The molecule has 100 valence electrons. The summed E-state index contributed by atoms with van der Waals surface area (Å²) in [6, 6.07) is 4.70. The predicted molar refractivity (Wildman–Crippen MR) is 69.9 cm³/mol. The molecule has 0 fully saturated rings. The van der Waals surface area contributed by atoms with E-state index in [1.165, 1.54) is 12.4 Å². The average Bonchev–Trinajstić information content (AvgIpc) is 2.38. The molecule has 0 aliphatic rings. The molecule has 19 heavy (non-hydrogen) atoms. The van der Waals surface area contributed by atoms with Crippen molar-refractivity contribution in [2.45, 2.75) is 26.8 Å².